The first kappa shape index (κ1) is 10.9. The molecule has 1 N–H and O–H groups in total. The Labute approximate surface area is 69.6 Å². The van der Waals surface area contributed by atoms with E-state index in [1.807, 2.05) is 6.92 Å². The van der Waals surface area contributed by atoms with Crippen molar-refractivity contribution in [2.75, 3.05) is 13.2 Å². The first-order valence-corrected chi connectivity index (χ1v) is 4.57. The quantitative estimate of drug-likeness (QED) is 0.577. The van der Waals surface area contributed by atoms with Crippen molar-refractivity contribution in [3.05, 3.63) is 0 Å². The van der Waals surface area contributed by atoms with E-state index < -0.39 is 0 Å². The smallest absolute Gasteiger partial charge is 0.0559 e. The van der Waals surface area contributed by atoms with Crippen LogP contribution in [0.5, 0.6) is 0 Å². The molecule has 2 heteroatoms. The van der Waals surface area contributed by atoms with E-state index in [4.69, 9.17) is 9.84 Å². The molecule has 0 aromatic rings. The number of aliphatic hydroxyl groups excluding tert-OH is 1. The van der Waals surface area contributed by atoms with Crippen LogP contribution in [0, 0.1) is 0 Å². The van der Waals surface area contributed by atoms with Gasteiger partial charge in [-0.15, -0.1) is 0 Å². The summed E-state index contributed by atoms with van der Waals surface area (Å²) < 4.78 is 5.29. The van der Waals surface area contributed by atoms with E-state index in [0.717, 1.165) is 25.9 Å². The Morgan fingerprint density at radius 3 is 2.55 bits per heavy atom. The van der Waals surface area contributed by atoms with Crippen LogP contribution in [0.4, 0.5) is 0 Å². The minimum atomic E-state index is -0.170. The van der Waals surface area contributed by atoms with Crippen LogP contribution >= 0.6 is 0 Å². The van der Waals surface area contributed by atoms with Crippen molar-refractivity contribution in [1.82, 2.24) is 0 Å². The standard InChI is InChI=1S/C9H20O2/c1-3-5-7-11-8-6-9(10)4-2/h9-10H,3-8H2,1-2H3. The molecule has 0 spiro atoms. The minimum Gasteiger partial charge on any atom is -0.393 e. The summed E-state index contributed by atoms with van der Waals surface area (Å²) in [5.41, 5.74) is 0. The second-order valence-electron chi connectivity index (χ2n) is 2.82. The summed E-state index contributed by atoms with van der Waals surface area (Å²) in [5.74, 6) is 0. The lowest BCUT2D eigenvalue weighted by molar-refractivity contribution is 0.0790. The Balaban J connectivity index is 2.89. The van der Waals surface area contributed by atoms with Crippen molar-refractivity contribution < 1.29 is 9.84 Å². The molecular formula is C9H20O2. The molecule has 0 aromatic heterocycles. The summed E-state index contributed by atoms with van der Waals surface area (Å²) in [6.45, 7) is 5.67. The molecule has 0 heterocycles. The van der Waals surface area contributed by atoms with Crippen LogP contribution in [0.2, 0.25) is 0 Å². The Morgan fingerprint density at radius 1 is 1.27 bits per heavy atom. The topological polar surface area (TPSA) is 29.5 Å². The monoisotopic (exact) mass is 160 g/mol. The molecule has 0 aliphatic heterocycles. The van der Waals surface area contributed by atoms with Gasteiger partial charge in [-0.2, -0.15) is 0 Å². The Hall–Kier alpha value is -0.0800. The molecular weight excluding hydrogens is 140 g/mol. The minimum absolute atomic E-state index is 0.170. The Morgan fingerprint density at radius 2 is 2.00 bits per heavy atom. The molecule has 2 nitrogen and oxygen atoms in total. The van der Waals surface area contributed by atoms with Crippen molar-refractivity contribution in [1.29, 1.82) is 0 Å². The highest BCUT2D eigenvalue weighted by Gasteiger charge is 1.98. The summed E-state index contributed by atoms with van der Waals surface area (Å²) in [4.78, 5) is 0. The predicted molar refractivity (Wildman–Crippen MR) is 46.6 cm³/mol. The molecule has 0 bridgehead atoms. The van der Waals surface area contributed by atoms with Gasteiger partial charge in [-0.05, 0) is 19.3 Å². The maximum absolute atomic E-state index is 9.13. The maximum Gasteiger partial charge on any atom is 0.0559 e. The van der Waals surface area contributed by atoms with Crippen molar-refractivity contribution in [3.63, 3.8) is 0 Å². The first-order valence-electron chi connectivity index (χ1n) is 4.57. The zero-order valence-electron chi connectivity index (χ0n) is 7.68. The average molecular weight is 160 g/mol. The van der Waals surface area contributed by atoms with Crippen LogP contribution in [-0.2, 0) is 4.74 Å². The highest BCUT2D eigenvalue weighted by atomic mass is 16.5. The van der Waals surface area contributed by atoms with Crippen LogP contribution < -0.4 is 0 Å². The summed E-state index contributed by atoms with van der Waals surface area (Å²) in [6, 6.07) is 0. The normalized spacial score (nSPS) is 13.4. The third kappa shape index (κ3) is 7.82. The molecule has 68 valence electrons. The highest BCUT2D eigenvalue weighted by Crippen LogP contribution is 1.97. The van der Waals surface area contributed by atoms with Gasteiger partial charge in [0.2, 0.25) is 0 Å². The molecule has 0 saturated heterocycles. The van der Waals surface area contributed by atoms with Crippen molar-refractivity contribution in [2.24, 2.45) is 0 Å². The number of rotatable bonds is 7. The third-order valence-electron chi connectivity index (χ3n) is 1.71. The molecule has 0 rings (SSSR count). The van der Waals surface area contributed by atoms with Crippen LogP contribution in [0.3, 0.4) is 0 Å². The van der Waals surface area contributed by atoms with Crippen LogP contribution in [0.25, 0.3) is 0 Å². The number of hydrogen-bond donors (Lipinski definition) is 1. The molecule has 0 saturated carbocycles. The highest BCUT2D eigenvalue weighted by molar-refractivity contribution is 4.50. The lowest BCUT2D eigenvalue weighted by atomic mass is 10.2. The number of hydrogen-bond acceptors (Lipinski definition) is 2. The van der Waals surface area contributed by atoms with Crippen LogP contribution in [-0.4, -0.2) is 24.4 Å². The van der Waals surface area contributed by atoms with Gasteiger partial charge in [-0.3, -0.25) is 0 Å². The molecule has 11 heavy (non-hydrogen) atoms. The fraction of sp³-hybridized carbons (Fsp3) is 1.00. The molecule has 0 aliphatic rings. The Kier molecular flexibility index (Phi) is 7.96. The van der Waals surface area contributed by atoms with E-state index >= 15 is 0 Å². The maximum atomic E-state index is 9.13. The van der Waals surface area contributed by atoms with E-state index in [1.165, 1.54) is 6.42 Å². The second-order valence-corrected chi connectivity index (χ2v) is 2.82. The summed E-state index contributed by atoms with van der Waals surface area (Å²) in [7, 11) is 0. The molecule has 0 amide bonds. The van der Waals surface area contributed by atoms with E-state index in [2.05, 4.69) is 6.92 Å². The average Bonchev–Trinajstić information content (AvgIpc) is 2.04. The molecule has 1 atom stereocenters. The third-order valence-corrected chi connectivity index (χ3v) is 1.71. The van der Waals surface area contributed by atoms with Gasteiger partial charge in [0.1, 0.15) is 0 Å². The lowest BCUT2D eigenvalue weighted by Gasteiger charge is -2.07. The fourth-order valence-electron chi connectivity index (χ4n) is 0.772. The SMILES string of the molecule is CCCCOCCC(O)CC. The number of unbranched alkanes of at least 4 members (excludes halogenated alkanes) is 1. The number of ether oxygens (including phenoxy) is 1. The van der Waals surface area contributed by atoms with E-state index in [9.17, 15) is 0 Å². The molecule has 0 aromatic carbocycles. The lowest BCUT2D eigenvalue weighted by Crippen LogP contribution is -2.09. The Bertz CT molecular complexity index is 74.0. The van der Waals surface area contributed by atoms with Crippen molar-refractivity contribution in [2.45, 2.75) is 45.6 Å². The fourth-order valence-corrected chi connectivity index (χ4v) is 0.772. The van der Waals surface area contributed by atoms with Crippen molar-refractivity contribution >= 4 is 0 Å². The predicted octanol–water partition coefficient (Wildman–Crippen LogP) is 1.96. The van der Waals surface area contributed by atoms with Gasteiger partial charge < -0.3 is 9.84 Å². The summed E-state index contributed by atoms with van der Waals surface area (Å²) in [6.07, 6.45) is 3.74. The van der Waals surface area contributed by atoms with Crippen LogP contribution in [0.15, 0.2) is 0 Å². The zero-order chi connectivity index (χ0) is 8.53. The molecule has 0 radical (unpaired) electrons. The molecule has 1 unspecified atom stereocenters. The zero-order valence-corrected chi connectivity index (χ0v) is 7.68. The van der Waals surface area contributed by atoms with Gasteiger partial charge in [0.05, 0.1) is 6.10 Å². The van der Waals surface area contributed by atoms with Gasteiger partial charge in [-0.25, -0.2) is 0 Å². The summed E-state index contributed by atoms with van der Waals surface area (Å²) >= 11 is 0. The molecule has 0 fully saturated rings. The van der Waals surface area contributed by atoms with Gasteiger partial charge >= 0.3 is 0 Å². The van der Waals surface area contributed by atoms with Crippen molar-refractivity contribution in [3.8, 4) is 0 Å². The van der Waals surface area contributed by atoms with E-state index in [-0.39, 0.29) is 6.10 Å². The van der Waals surface area contributed by atoms with Gasteiger partial charge in [0, 0.05) is 13.2 Å². The van der Waals surface area contributed by atoms with E-state index in [1.54, 1.807) is 0 Å². The first-order chi connectivity index (χ1) is 5.31. The van der Waals surface area contributed by atoms with Gasteiger partial charge in [0.15, 0.2) is 0 Å². The van der Waals surface area contributed by atoms with Crippen LogP contribution in [0.1, 0.15) is 39.5 Å². The van der Waals surface area contributed by atoms with E-state index in [0.29, 0.717) is 6.61 Å². The second kappa shape index (κ2) is 8.02. The number of aliphatic hydroxyl groups is 1. The summed E-state index contributed by atoms with van der Waals surface area (Å²) in [5, 5.41) is 9.13. The largest absolute Gasteiger partial charge is 0.393 e. The van der Waals surface area contributed by atoms with Gasteiger partial charge in [-0.1, -0.05) is 20.3 Å². The molecule has 0 aliphatic carbocycles. The van der Waals surface area contributed by atoms with Gasteiger partial charge in [0.25, 0.3) is 0 Å².